The van der Waals surface area contributed by atoms with Crippen LogP contribution in [0.5, 0.6) is 5.75 Å². The molecule has 0 amide bonds. The Morgan fingerprint density at radius 1 is 1.23 bits per heavy atom. The first kappa shape index (κ1) is 9.96. The highest BCUT2D eigenvalue weighted by molar-refractivity contribution is 5.32. The van der Waals surface area contributed by atoms with E-state index < -0.39 is 11.6 Å². The molecule has 1 rings (SSSR count). The molecule has 1 nitrogen and oxygen atoms in total. The lowest BCUT2D eigenvalue weighted by molar-refractivity contribution is 0.318. The highest BCUT2D eigenvalue weighted by atomic mass is 19.1. The van der Waals surface area contributed by atoms with Crippen LogP contribution in [0.2, 0.25) is 0 Å². The Hall–Kier alpha value is -1.12. The fraction of sp³-hybridized carbons (Fsp3) is 0.400. The topological polar surface area (TPSA) is 9.23 Å². The van der Waals surface area contributed by atoms with E-state index in [1.807, 2.05) is 0 Å². The maximum atomic E-state index is 13.4. The third-order valence-electron chi connectivity index (χ3n) is 1.80. The minimum Gasteiger partial charge on any atom is -0.491 e. The zero-order valence-corrected chi connectivity index (χ0v) is 7.73. The van der Waals surface area contributed by atoms with Crippen molar-refractivity contribution >= 4 is 0 Å². The molecule has 0 radical (unpaired) electrons. The molecule has 0 saturated carbocycles. The van der Waals surface area contributed by atoms with Crippen LogP contribution in [0.3, 0.4) is 0 Å². The first-order valence-electron chi connectivity index (χ1n) is 4.30. The van der Waals surface area contributed by atoms with Crippen molar-refractivity contribution < 1.29 is 13.5 Å². The first-order valence-corrected chi connectivity index (χ1v) is 4.30. The van der Waals surface area contributed by atoms with Gasteiger partial charge in [-0.2, -0.15) is 0 Å². The average molecular weight is 186 g/mol. The Morgan fingerprint density at radius 2 is 1.92 bits per heavy atom. The van der Waals surface area contributed by atoms with Crippen LogP contribution in [0.1, 0.15) is 19.4 Å². The lowest BCUT2D eigenvalue weighted by Crippen LogP contribution is -2.00. The van der Waals surface area contributed by atoms with Gasteiger partial charge in [-0.3, -0.25) is 0 Å². The molecule has 0 aliphatic heterocycles. The number of halogens is 2. The minimum absolute atomic E-state index is 0.0888. The van der Waals surface area contributed by atoms with Crippen molar-refractivity contribution in [1.29, 1.82) is 0 Å². The van der Waals surface area contributed by atoms with Gasteiger partial charge in [-0.1, -0.05) is 6.92 Å². The number of hydrogen-bond acceptors (Lipinski definition) is 1. The van der Waals surface area contributed by atoms with Gasteiger partial charge < -0.3 is 4.74 Å². The standard InChI is InChI=1S/C10H12F2O/c1-3-7-8(11)5-6-9(10(7)12)13-4-2/h5-6H,3-4H2,1-2H3. The zero-order valence-electron chi connectivity index (χ0n) is 7.73. The van der Waals surface area contributed by atoms with Gasteiger partial charge in [0.05, 0.1) is 6.61 Å². The molecule has 0 heterocycles. The molecule has 0 spiro atoms. The molecule has 0 aliphatic carbocycles. The predicted octanol–water partition coefficient (Wildman–Crippen LogP) is 2.93. The van der Waals surface area contributed by atoms with Gasteiger partial charge in [-0.15, -0.1) is 0 Å². The van der Waals surface area contributed by atoms with Gasteiger partial charge in [0.1, 0.15) is 5.82 Å². The van der Waals surface area contributed by atoms with Crippen molar-refractivity contribution in [2.45, 2.75) is 20.3 Å². The van der Waals surface area contributed by atoms with Gasteiger partial charge in [-0.05, 0) is 25.5 Å². The van der Waals surface area contributed by atoms with E-state index in [1.165, 1.54) is 12.1 Å². The van der Waals surface area contributed by atoms with Crippen molar-refractivity contribution in [2.24, 2.45) is 0 Å². The fourth-order valence-electron chi connectivity index (χ4n) is 1.17. The van der Waals surface area contributed by atoms with Crippen LogP contribution in [-0.2, 0) is 6.42 Å². The van der Waals surface area contributed by atoms with Crippen LogP contribution >= 0.6 is 0 Å². The highest BCUT2D eigenvalue weighted by Crippen LogP contribution is 2.23. The molecule has 0 atom stereocenters. The Kier molecular flexibility index (Phi) is 3.23. The van der Waals surface area contributed by atoms with Crippen LogP contribution in [0.15, 0.2) is 12.1 Å². The van der Waals surface area contributed by atoms with Crippen LogP contribution in [-0.4, -0.2) is 6.61 Å². The van der Waals surface area contributed by atoms with E-state index in [2.05, 4.69) is 0 Å². The highest BCUT2D eigenvalue weighted by Gasteiger charge is 2.12. The summed E-state index contributed by atoms with van der Waals surface area (Å²) in [5, 5.41) is 0. The molecular weight excluding hydrogens is 174 g/mol. The molecular formula is C10H12F2O. The van der Waals surface area contributed by atoms with Gasteiger partial charge in [0.25, 0.3) is 0 Å². The summed E-state index contributed by atoms with van der Waals surface area (Å²) in [5.41, 5.74) is 0.0888. The number of hydrogen-bond donors (Lipinski definition) is 0. The summed E-state index contributed by atoms with van der Waals surface area (Å²) < 4.78 is 31.3. The quantitative estimate of drug-likeness (QED) is 0.705. The molecule has 0 bridgehead atoms. The van der Waals surface area contributed by atoms with Crippen LogP contribution in [0, 0.1) is 11.6 Å². The third kappa shape index (κ3) is 1.97. The van der Waals surface area contributed by atoms with E-state index in [-0.39, 0.29) is 11.3 Å². The summed E-state index contributed by atoms with van der Waals surface area (Å²) in [6.45, 7) is 3.84. The molecule has 0 saturated heterocycles. The molecule has 0 aromatic heterocycles. The zero-order chi connectivity index (χ0) is 9.84. The van der Waals surface area contributed by atoms with Crippen molar-refractivity contribution in [3.8, 4) is 5.75 Å². The van der Waals surface area contributed by atoms with Crippen molar-refractivity contribution in [3.63, 3.8) is 0 Å². The summed E-state index contributed by atoms with van der Waals surface area (Å²) >= 11 is 0. The SMILES string of the molecule is CCOc1ccc(F)c(CC)c1F. The van der Waals surface area contributed by atoms with Crippen molar-refractivity contribution in [3.05, 3.63) is 29.3 Å². The van der Waals surface area contributed by atoms with Crippen molar-refractivity contribution in [1.82, 2.24) is 0 Å². The Balaban J connectivity index is 3.11. The predicted molar refractivity (Wildman–Crippen MR) is 46.9 cm³/mol. The molecule has 0 unspecified atom stereocenters. The summed E-state index contributed by atoms with van der Waals surface area (Å²) in [6.07, 6.45) is 0.332. The average Bonchev–Trinajstić information content (AvgIpc) is 2.11. The minimum atomic E-state index is -0.579. The van der Waals surface area contributed by atoms with E-state index in [0.717, 1.165) is 0 Å². The largest absolute Gasteiger partial charge is 0.491 e. The van der Waals surface area contributed by atoms with Crippen LogP contribution in [0.25, 0.3) is 0 Å². The molecule has 72 valence electrons. The lowest BCUT2D eigenvalue weighted by Gasteiger charge is -2.07. The van der Waals surface area contributed by atoms with E-state index in [4.69, 9.17) is 4.74 Å². The van der Waals surface area contributed by atoms with Gasteiger partial charge >= 0.3 is 0 Å². The maximum absolute atomic E-state index is 13.4. The fourth-order valence-corrected chi connectivity index (χ4v) is 1.17. The van der Waals surface area contributed by atoms with Crippen molar-refractivity contribution in [2.75, 3.05) is 6.61 Å². The first-order chi connectivity index (χ1) is 6.20. The second kappa shape index (κ2) is 4.21. The monoisotopic (exact) mass is 186 g/mol. The van der Waals surface area contributed by atoms with Gasteiger partial charge in [0.15, 0.2) is 11.6 Å². The normalized spacial score (nSPS) is 10.2. The molecule has 3 heteroatoms. The van der Waals surface area contributed by atoms with Crippen LogP contribution < -0.4 is 4.74 Å². The molecule has 0 fully saturated rings. The third-order valence-corrected chi connectivity index (χ3v) is 1.80. The number of benzene rings is 1. The number of rotatable bonds is 3. The van der Waals surface area contributed by atoms with E-state index >= 15 is 0 Å². The Bertz CT molecular complexity index is 297. The lowest BCUT2D eigenvalue weighted by atomic mass is 10.1. The van der Waals surface area contributed by atoms with Gasteiger partial charge in [0, 0.05) is 5.56 Å². The molecule has 1 aromatic carbocycles. The summed E-state index contributed by atoms with van der Waals surface area (Å²) in [6, 6.07) is 2.54. The Labute approximate surface area is 76.3 Å². The van der Waals surface area contributed by atoms with Crippen LogP contribution in [0.4, 0.5) is 8.78 Å². The summed E-state index contributed by atoms with van der Waals surface area (Å²) in [7, 11) is 0. The number of ether oxygens (including phenoxy) is 1. The summed E-state index contributed by atoms with van der Waals surface area (Å²) in [4.78, 5) is 0. The second-order valence-corrected chi connectivity index (χ2v) is 2.62. The molecule has 0 aliphatic rings. The smallest absolute Gasteiger partial charge is 0.171 e. The van der Waals surface area contributed by atoms with E-state index in [1.54, 1.807) is 13.8 Å². The summed E-state index contributed by atoms with van der Waals surface area (Å²) in [5.74, 6) is -0.964. The molecule has 1 aromatic rings. The maximum Gasteiger partial charge on any atom is 0.171 e. The van der Waals surface area contributed by atoms with Gasteiger partial charge in [0.2, 0.25) is 0 Å². The Morgan fingerprint density at radius 3 is 2.46 bits per heavy atom. The second-order valence-electron chi connectivity index (χ2n) is 2.62. The molecule has 13 heavy (non-hydrogen) atoms. The molecule has 0 N–H and O–H groups in total. The van der Waals surface area contributed by atoms with E-state index in [0.29, 0.717) is 13.0 Å². The van der Waals surface area contributed by atoms with E-state index in [9.17, 15) is 8.78 Å². The van der Waals surface area contributed by atoms with Gasteiger partial charge in [-0.25, -0.2) is 8.78 Å².